The Kier molecular flexibility index (Phi) is 5.95. The quantitative estimate of drug-likeness (QED) is 0.371. The summed E-state index contributed by atoms with van der Waals surface area (Å²) in [5.74, 6) is 0.586. The fourth-order valence-electron chi connectivity index (χ4n) is 4.93. The van der Waals surface area contributed by atoms with Crippen LogP contribution in [-0.2, 0) is 12.8 Å². The molecule has 0 saturated heterocycles. The Hall–Kier alpha value is -3.46. The number of aryl methyl sites for hydroxylation is 1. The van der Waals surface area contributed by atoms with E-state index in [2.05, 4.69) is 67.7 Å². The third-order valence-electron chi connectivity index (χ3n) is 6.53. The third kappa shape index (κ3) is 4.54. The van der Waals surface area contributed by atoms with Crippen LogP contribution in [0.5, 0.6) is 0 Å². The first-order chi connectivity index (χ1) is 16.1. The van der Waals surface area contributed by atoms with Crippen LogP contribution < -0.4 is 5.32 Å². The molecule has 3 nitrogen and oxygen atoms in total. The molecular formula is C30H30N2O. The zero-order valence-corrected chi connectivity index (χ0v) is 19.3. The molecule has 1 N–H and O–H groups in total. The molecule has 0 saturated carbocycles. The number of nitrogens with zero attached hydrogens (tertiary/aromatic N) is 1. The van der Waals surface area contributed by atoms with E-state index in [1.54, 1.807) is 0 Å². The number of para-hydroxylation sites is 1. The molecule has 0 aliphatic heterocycles. The molecule has 0 fully saturated rings. The van der Waals surface area contributed by atoms with Crippen LogP contribution in [0.25, 0.3) is 22.2 Å². The van der Waals surface area contributed by atoms with Crippen molar-refractivity contribution in [2.45, 2.75) is 45.6 Å². The van der Waals surface area contributed by atoms with Crippen molar-refractivity contribution in [2.24, 2.45) is 5.92 Å². The van der Waals surface area contributed by atoms with Gasteiger partial charge in [-0.25, -0.2) is 4.98 Å². The van der Waals surface area contributed by atoms with E-state index in [-0.39, 0.29) is 11.9 Å². The lowest BCUT2D eigenvalue weighted by Gasteiger charge is -2.26. The van der Waals surface area contributed by atoms with Crippen molar-refractivity contribution >= 4 is 16.8 Å². The van der Waals surface area contributed by atoms with Gasteiger partial charge in [-0.1, -0.05) is 80.6 Å². The molecule has 33 heavy (non-hydrogen) atoms. The van der Waals surface area contributed by atoms with Crippen molar-refractivity contribution < 1.29 is 4.79 Å². The molecule has 0 bridgehead atoms. The molecule has 0 radical (unpaired) electrons. The smallest absolute Gasteiger partial charge is 0.252 e. The topological polar surface area (TPSA) is 42.0 Å². The summed E-state index contributed by atoms with van der Waals surface area (Å²) in [6.45, 7) is 4.46. The standard InChI is InChI=1S/C30H30N2O/c1-20(2)18-21-14-16-23(17-15-21)29-19-26(25-11-5-6-12-28(25)31-29)30(33)32-27-13-7-9-22-8-3-4-10-24(22)27/h3-6,8,10-12,14-17,19-20,27H,7,9,13,18H2,1-2H3,(H,32,33). The Balaban J connectivity index is 1.50. The highest BCUT2D eigenvalue weighted by Gasteiger charge is 2.23. The first-order valence-electron chi connectivity index (χ1n) is 12.0. The zero-order valence-electron chi connectivity index (χ0n) is 19.3. The van der Waals surface area contributed by atoms with Gasteiger partial charge in [-0.2, -0.15) is 0 Å². The number of hydrogen-bond acceptors (Lipinski definition) is 2. The fraction of sp³-hybridized carbons (Fsp3) is 0.267. The van der Waals surface area contributed by atoms with Gasteiger partial charge in [-0.3, -0.25) is 4.79 Å². The highest BCUT2D eigenvalue weighted by molar-refractivity contribution is 6.07. The number of rotatable bonds is 5. The molecule has 3 aromatic carbocycles. The number of benzene rings is 3. The monoisotopic (exact) mass is 434 g/mol. The number of fused-ring (bicyclic) bond motifs is 2. The van der Waals surface area contributed by atoms with Gasteiger partial charge in [0, 0.05) is 10.9 Å². The van der Waals surface area contributed by atoms with E-state index >= 15 is 0 Å². The largest absolute Gasteiger partial charge is 0.345 e. The first kappa shape index (κ1) is 21.4. The second-order valence-corrected chi connectivity index (χ2v) is 9.48. The van der Waals surface area contributed by atoms with Crippen molar-refractivity contribution in [3.05, 3.63) is 101 Å². The Labute approximate surface area is 195 Å². The summed E-state index contributed by atoms with van der Waals surface area (Å²) in [5, 5.41) is 4.21. The summed E-state index contributed by atoms with van der Waals surface area (Å²) in [5.41, 5.74) is 7.31. The van der Waals surface area contributed by atoms with E-state index in [4.69, 9.17) is 4.98 Å². The molecule has 1 aliphatic rings. The fourth-order valence-corrected chi connectivity index (χ4v) is 4.93. The summed E-state index contributed by atoms with van der Waals surface area (Å²) in [4.78, 5) is 18.4. The lowest BCUT2D eigenvalue weighted by atomic mass is 9.87. The van der Waals surface area contributed by atoms with E-state index in [1.807, 2.05) is 30.3 Å². The van der Waals surface area contributed by atoms with E-state index in [0.717, 1.165) is 47.8 Å². The lowest BCUT2D eigenvalue weighted by Crippen LogP contribution is -2.31. The second-order valence-electron chi connectivity index (χ2n) is 9.48. The SMILES string of the molecule is CC(C)Cc1ccc(-c2cc(C(=O)NC3CCCc4ccccc43)c3ccccc3n2)cc1. The van der Waals surface area contributed by atoms with Gasteiger partial charge in [0.25, 0.3) is 5.91 Å². The normalized spacial score (nSPS) is 15.4. The predicted octanol–water partition coefficient (Wildman–Crippen LogP) is 6.91. The predicted molar refractivity (Wildman–Crippen MR) is 135 cm³/mol. The van der Waals surface area contributed by atoms with Gasteiger partial charge in [-0.05, 0) is 60.4 Å². The molecule has 3 heteroatoms. The van der Waals surface area contributed by atoms with Crippen molar-refractivity contribution in [1.82, 2.24) is 10.3 Å². The van der Waals surface area contributed by atoms with E-state index < -0.39 is 0 Å². The highest BCUT2D eigenvalue weighted by atomic mass is 16.1. The molecule has 1 amide bonds. The zero-order chi connectivity index (χ0) is 22.8. The molecule has 1 unspecified atom stereocenters. The third-order valence-corrected chi connectivity index (χ3v) is 6.53. The van der Waals surface area contributed by atoms with Gasteiger partial charge < -0.3 is 5.32 Å². The number of amides is 1. The van der Waals surface area contributed by atoms with Crippen molar-refractivity contribution in [1.29, 1.82) is 0 Å². The number of carbonyl (C=O) groups is 1. The minimum absolute atomic E-state index is 0.0343. The molecule has 166 valence electrons. The van der Waals surface area contributed by atoms with Crippen LogP contribution in [0.4, 0.5) is 0 Å². The number of nitrogens with one attached hydrogen (secondary N) is 1. The highest BCUT2D eigenvalue weighted by Crippen LogP contribution is 2.31. The van der Waals surface area contributed by atoms with Crippen molar-refractivity contribution in [2.75, 3.05) is 0 Å². The minimum atomic E-state index is -0.0343. The Bertz CT molecular complexity index is 1290. The van der Waals surface area contributed by atoms with Gasteiger partial charge in [0.2, 0.25) is 0 Å². The van der Waals surface area contributed by atoms with Crippen LogP contribution in [-0.4, -0.2) is 10.9 Å². The molecular weight excluding hydrogens is 404 g/mol. The maximum Gasteiger partial charge on any atom is 0.252 e. The van der Waals surface area contributed by atoms with Crippen molar-refractivity contribution in [3.8, 4) is 11.3 Å². The molecule has 1 heterocycles. The van der Waals surface area contributed by atoms with Crippen LogP contribution in [0.15, 0.2) is 78.9 Å². The second kappa shape index (κ2) is 9.19. The van der Waals surface area contributed by atoms with Crippen LogP contribution >= 0.6 is 0 Å². The molecule has 1 atom stereocenters. The van der Waals surface area contributed by atoms with Crippen molar-refractivity contribution in [3.63, 3.8) is 0 Å². The number of carbonyl (C=O) groups excluding carboxylic acids is 1. The van der Waals surface area contributed by atoms with Gasteiger partial charge >= 0.3 is 0 Å². The van der Waals surface area contributed by atoms with Crippen LogP contribution in [0.2, 0.25) is 0 Å². The van der Waals surface area contributed by atoms with E-state index in [1.165, 1.54) is 16.7 Å². The number of aromatic nitrogens is 1. The molecule has 0 spiro atoms. The van der Waals surface area contributed by atoms with Gasteiger partial charge in [-0.15, -0.1) is 0 Å². The maximum absolute atomic E-state index is 13.6. The van der Waals surface area contributed by atoms with Crippen LogP contribution in [0.1, 0.15) is 59.8 Å². The molecule has 1 aromatic heterocycles. The average molecular weight is 435 g/mol. The summed E-state index contributed by atoms with van der Waals surface area (Å²) in [7, 11) is 0. The average Bonchev–Trinajstić information content (AvgIpc) is 2.83. The summed E-state index contributed by atoms with van der Waals surface area (Å²) in [6, 6.07) is 27.0. The van der Waals surface area contributed by atoms with Crippen LogP contribution in [0.3, 0.4) is 0 Å². The number of hydrogen-bond donors (Lipinski definition) is 1. The Morgan fingerprint density at radius 1 is 1.00 bits per heavy atom. The molecule has 4 aromatic rings. The molecule has 1 aliphatic carbocycles. The Morgan fingerprint density at radius 2 is 1.76 bits per heavy atom. The van der Waals surface area contributed by atoms with Gasteiger partial charge in [0.1, 0.15) is 0 Å². The Morgan fingerprint density at radius 3 is 2.58 bits per heavy atom. The summed E-state index contributed by atoms with van der Waals surface area (Å²) in [6.07, 6.45) is 4.20. The summed E-state index contributed by atoms with van der Waals surface area (Å²) >= 11 is 0. The maximum atomic E-state index is 13.6. The van der Waals surface area contributed by atoms with Crippen LogP contribution in [0, 0.1) is 5.92 Å². The lowest BCUT2D eigenvalue weighted by molar-refractivity contribution is 0.0934. The molecule has 5 rings (SSSR count). The van der Waals surface area contributed by atoms with E-state index in [9.17, 15) is 4.79 Å². The minimum Gasteiger partial charge on any atom is -0.345 e. The summed E-state index contributed by atoms with van der Waals surface area (Å²) < 4.78 is 0. The van der Waals surface area contributed by atoms with Gasteiger partial charge in [0.15, 0.2) is 0 Å². The van der Waals surface area contributed by atoms with Gasteiger partial charge in [0.05, 0.1) is 22.8 Å². The number of pyridine rings is 1. The van der Waals surface area contributed by atoms with E-state index in [0.29, 0.717) is 11.5 Å². The first-order valence-corrected chi connectivity index (χ1v) is 12.0.